The molecule has 3 aliphatic carbocycles. The third-order valence-corrected chi connectivity index (χ3v) is 10.4. The van der Waals surface area contributed by atoms with E-state index in [4.69, 9.17) is 14.4 Å². The van der Waals surface area contributed by atoms with E-state index in [1.54, 1.807) is 0 Å². The molecule has 0 unspecified atom stereocenters. The van der Waals surface area contributed by atoms with Gasteiger partial charge >= 0.3 is 0 Å². The van der Waals surface area contributed by atoms with Crippen LogP contribution in [0.25, 0.3) is 94.7 Å². The number of hydrogen-bond acceptors (Lipinski definition) is 3. The maximum atomic E-state index is 6.64. The van der Waals surface area contributed by atoms with E-state index in [0.717, 1.165) is 87.5 Å². The molecule has 5 aromatic carbocycles. The highest BCUT2D eigenvalue weighted by Gasteiger charge is 2.28. The molecule has 48 heavy (non-hydrogen) atoms. The van der Waals surface area contributed by atoms with Crippen molar-refractivity contribution in [3.05, 3.63) is 138 Å². The Kier molecular flexibility index (Phi) is 5.31. The van der Waals surface area contributed by atoms with Gasteiger partial charge < -0.3 is 4.42 Å². The van der Waals surface area contributed by atoms with Crippen LogP contribution in [-0.4, -0.2) is 14.5 Å². The van der Waals surface area contributed by atoms with Crippen LogP contribution in [0.2, 0.25) is 0 Å². The van der Waals surface area contributed by atoms with Crippen molar-refractivity contribution in [2.24, 2.45) is 0 Å². The van der Waals surface area contributed by atoms with E-state index < -0.39 is 0 Å². The van der Waals surface area contributed by atoms with Gasteiger partial charge in [-0.3, -0.25) is 4.57 Å². The lowest BCUT2D eigenvalue weighted by Gasteiger charge is -2.18. The van der Waals surface area contributed by atoms with E-state index >= 15 is 0 Å². The number of aryl methyl sites for hydroxylation is 1. The predicted octanol–water partition coefficient (Wildman–Crippen LogP) is 11.5. The van der Waals surface area contributed by atoms with Crippen molar-refractivity contribution in [2.45, 2.75) is 25.7 Å². The van der Waals surface area contributed by atoms with Crippen molar-refractivity contribution >= 4 is 55.2 Å². The Hall–Kier alpha value is -6.00. The van der Waals surface area contributed by atoms with Crippen LogP contribution in [0.3, 0.4) is 0 Å². The molecule has 0 saturated carbocycles. The lowest BCUT2D eigenvalue weighted by Crippen LogP contribution is -2.11. The molecule has 0 saturated heterocycles. The van der Waals surface area contributed by atoms with Crippen molar-refractivity contribution in [2.75, 3.05) is 0 Å². The monoisotopic (exact) mass is 615 g/mol. The van der Waals surface area contributed by atoms with Crippen LogP contribution >= 0.6 is 0 Å². The van der Waals surface area contributed by atoms with Crippen LogP contribution < -0.4 is 0 Å². The van der Waals surface area contributed by atoms with Crippen LogP contribution in [-0.2, 0) is 6.42 Å². The number of para-hydroxylation sites is 1. The molecule has 0 radical (unpaired) electrons. The molecule has 4 heteroatoms. The second kappa shape index (κ2) is 9.76. The second-order valence-electron chi connectivity index (χ2n) is 13.1. The van der Waals surface area contributed by atoms with Gasteiger partial charge in [-0.1, -0.05) is 97.1 Å². The third kappa shape index (κ3) is 3.60. The zero-order valence-corrected chi connectivity index (χ0v) is 26.2. The first-order chi connectivity index (χ1) is 23.8. The molecule has 4 nitrogen and oxygen atoms in total. The standard InChI is InChI=1S/C44H29N3O/c1-2-10-27(11-3-1)42-31-15-4-6-18-36(31)45-44(46-42)47-37-19-7-5-14-30(37)35-24-28(21-23-38(35)47)29-20-22-32-39(25-29)48-43-34-17-9-13-26-12-8-16-33(40(26)34)41(32)43/h2,4-5,7-17,19-25H,1,3,6,18H2. The number of fused-ring (bicyclic) bond motifs is 9. The molecule has 3 aliphatic rings. The van der Waals surface area contributed by atoms with Crippen LogP contribution in [0.1, 0.15) is 36.2 Å². The van der Waals surface area contributed by atoms with Crippen LogP contribution in [0.5, 0.6) is 0 Å². The zero-order chi connectivity index (χ0) is 31.3. The Balaban J connectivity index is 1.08. The van der Waals surface area contributed by atoms with Crippen molar-refractivity contribution in [1.29, 1.82) is 0 Å². The van der Waals surface area contributed by atoms with Crippen molar-refractivity contribution in [1.82, 2.24) is 14.5 Å². The van der Waals surface area contributed by atoms with E-state index in [2.05, 4.69) is 132 Å². The zero-order valence-electron chi connectivity index (χ0n) is 26.2. The number of furan rings is 1. The molecule has 0 spiro atoms. The summed E-state index contributed by atoms with van der Waals surface area (Å²) in [6.07, 6.45) is 15.3. The molecular weight excluding hydrogens is 587 g/mol. The molecule has 0 amide bonds. The minimum atomic E-state index is 0.736. The minimum absolute atomic E-state index is 0.736. The van der Waals surface area contributed by atoms with Gasteiger partial charge in [0.25, 0.3) is 0 Å². The third-order valence-electron chi connectivity index (χ3n) is 10.4. The highest BCUT2D eigenvalue weighted by molar-refractivity contribution is 6.20. The summed E-state index contributed by atoms with van der Waals surface area (Å²) in [5.74, 6) is 1.71. The van der Waals surface area contributed by atoms with Gasteiger partial charge in [0.15, 0.2) is 0 Å². The van der Waals surface area contributed by atoms with Crippen molar-refractivity contribution < 1.29 is 4.42 Å². The Morgan fingerprint density at radius 1 is 0.646 bits per heavy atom. The summed E-state index contributed by atoms with van der Waals surface area (Å²) in [7, 11) is 0. The molecule has 11 rings (SSSR count). The average Bonchev–Trinajstić information content (AvgIpc) is 3.79. The SMILES string of the molecule is C1=CC(c2nc(-n3c4ccccc4c4cc(-c5ccc6c7c(oc6c5)-c5cccc6cccc-7c56)ccc43)nc3c2C=CCC3)=CCC1. The highest BCUT2D eigenvalue weighted by atomic mass is 16.3. The summed E-state index contributed by atoms with van der Waals surface area (Å²) in [6, 6.07) is 35.1. The average molecular weight is 616 g/mol. The Labute approximate surface area is 277 Å². The van der Waals surface area contributed by atoms with Gasteiger partial charge in [-0.2, -0.15) is 0 Å². The molecule has 3 heterocycles. The first-order valence-electron chi connectivity index (χ1n) is 16.9. The topological polar surface area (TPSA) is 43.9 Å². The first-order valence-corrected chi connectivity index (χ1v) is 16.9. The fraction of sp³-hybridized carbons (Fsp3) is 0.0909. The van der Waals surface area contributed by atoms with E-state index in [9.17, 15) is 0 Å². The largest absolute Gasteiger partial charge is 0.455 e. The lowest BCUT2D eigenvalue weighted by molar-refractivity contribution is 0.634. The molecule has 0 N–H and O–H groups in total. The summed E-state index contributed by atoms with van der Waals surface area (Å²) < 4.78 is 8.89. The molecule has 3 aromatic heterocycles. The van der Waals surface area contributed by atoms with Gasteiger partial charge in [-0.25, -0.2) is 9.97 Å². The Morgan fingerprint density at radius 2 is 1.48 bits per heavy atom. The fourth-order valence-corrected chi connectivity index (χ4v) is 8.24. The number of rotatable bonds is 3. The van der Waals surface area contributed by atoms with Gasteiger partial charge in [-0.05, 0) is 83.7 Å². The van der Waals surface area contributed by atoms with E-state index in [0.29, 0.717) is 0 Å². The van der Waals surface area contributed by atoms with Gasteiger partial charge in [0, 0.05) is 38.2 Å². The van der Waals surface area contributed by atoms with E-state index in [1.807, 2.05) is 0 Å². The normalized spacial score (nSPS) is 14.7. The summed E-state index contributed by atoms with van der Waals surface area (Å²) in [5.41, 5.74) is 13.6. The maximum absolute atomic E-state index is 6.64. The smallest absolute Gasteiger partial charge is 0.235 e. The second-order valence-corrected chi connectivity index (χ2v) is 13.1. The van der Waals surface area contributed by atoms with Gasteiger partial charge in [0.05, 0.1) is 22.4 Å². The molecule has 8 aromatic rings. The number of nitrogens with zero attached hydrogens (tertiary/aromatic N) is 3. The van der Waals surface area contributed by atoms with Crippen molar-refractivity contribution in [3.8, 4) is 39.5 Å². The van der Waals surface area contributed by atoms with Crippen LogP contribution in [0.15, 0.2) is 126 Å². The predicted molar refractivity (Wildman–Crippen MR) is 197 cm³/mol. The van der Waals surface area contributed by atoms with Gasteiger partial charge in [0.1, 0.15) is 11.3 Å². The summed E-state index contributed by atoms with van der Waals surface area (Å²) in [4.78, 5) is 10.5. The van der Waals surface area contributed by atoms with Crippen molar-refractivity contribution in [3.63, 3.8) is 0 Å². The number of hydrogen-bond donors (Lipinski definition) is 0. The molecule has 0 bridgehead atoms. The molecule has 0 aliphatic heterocycles. The quantitative estimate of drug-likeness (QED) is 0.199. The number of benzene rings is 5. The fourth-order valence-electron chi connectivity index (χ4n) is 8.24. The van der Waals surface area contributed by atoms with E-state index in [-0.39, 0.29) is 0 Å². The summed E-state index contributed by atoms with van der Waals surface area (Å²) in [6.45, 7) is 0. The van der Waals surface area contributed by atoms with Gasteiger partial charge in [0.2, 0.25) is 5.95 Å². The number of allylic oxidation sites excluding steroid dienone is 5. The molecule has 0 atom stereocenters. The highest BCUT2D eigenvalue weighted by Crippen LogP contribution is 2.52. The summed E-state index contributed by atoms with van der Waals surface area (Å²) >= 11 is 0. The van der Waals surface area contributed by atoms with Crippen LogP contribution in [0, 0.1) is 0 Å². The number of aromatic nitrogens is 3. The summed E-state index contributed by atoms with van der Waals surface area (Å²) in [5, 5.41) is 6.08. The maximum Gasteiger partial charge on any atom is 0.235 e. The van der Waals surface area contributed by atoms with Gasteiger partial charge in [-0.15, -0.1) is 0 Å². The lowest BCUT2D eigenvalue weighted by atomic mass is 9.95. The molecule has 0 fully saturated rings. The molecule has 226 valence electrons. The van der Waals surface area contributed by atoms with Crippen LogP contribution in [0.4, 0.5) is 0 Å². The first kappa shape index (κ1) is 26.1. The van der Waals surface area contributed by atoms with E-state index in [1.165, 1.54) is 43.8 Å². The Bertz CT molecular complexity index is 2780. The molecular formula is C44H29N3O. The minimum Gasteiger partial charge on any atom is -0.455 e. The Morgan fingerprint density at radius 3 is 2.40 bits per heavy atom.